The summed E-state index contributed by atoms with van der Waals surface area (Å²) in [6.07, 6.45) is 3.73. The molecule has 1 aliphatic rings. The van der Waals surface area contributed by atoms with Crippen LogP contribution in [0, 0.1) is 0 Å². The van der Waals surface area contributed by atoms with Gasteiger partial charge in [0.05, 0.1) is 6.04 Å². The van der Waals surface area contributed by atoms with Crippen molar-refractivity contribution >= 4 is 11.8 Å². The van der Waals surface area contributed by atoms with Crippen molar-refractivity contribution in [1.29, 1.82) is 0 Å². The number of amides is 2. The zero-order valence-corrected chi connectivity index (χ0v) is 8.66. The van der Waals surface area contributed by atoms with E-state index in [0.717, 1.165) is 19.4 Å². The molecule has 0 aromatic carbocycles. The average Bonchev–Trinajstić information content (AvgIpc) is 2.69. The van der Waals surface area contributed by atoms with E-state index in [1.165, 1.54) is 0 Å². The summed E-state index contributed by atoms with van der Waals surface area (Å²) >= 11 is 0. The molecule has 84 valence electrons. The molecule has 1 saturated heterocycles. The molecule has 0 aliphatic carbocycles. The van der Waals surface area contributed by atoms with Gasteiger partial charge in [-0.1, -0.05) is 6.08 Å². The molecule has 0 aromatic rings. The molecule has 2 atom stereocenters. The Morgan fingerprint density at radius 1 is 1.67 bits per heavy atom. The minimum atomic E-state index is -0.641. The second-order valence-corrected chi connectivity index (χ2v) is 3.64. The fourth-order valence-corrected chi connectivity index (χ4v) is 1.59. The van der Waals surface area contributed by atoms with Crippen molar-refractivity contribution in [2.24, 2.45) is 5.73 Å². The van der Waals surface area contributed by atoms with Crippen LogP contribution in [0.5, 0.6) is 0 Å². The molecule has 1 rings (SSSR count). The normalized spacial score (nSPS) is 22.0. The number of nitrogens with one attached hydrogen (secondary N) is 2. The molecule has 0 saturated carbocycles. The predicted octanol–water partition coefficient (Wildman–Crippen LogP) is -0.715. The van der Waals surface area contributed by atoms with Crippen LogP contribution in [0.2, 0.25) is 0 Å². The van der Waals surface area contributed by atoms with Gasteiger partial charge in [-0.25, -0.2) is 0 Å². The summed E-state index contributed by atoms with van der Waals surface area (Å²) in [7, 11) is 0. The van der Waals surface area contributed by atoms with Crippen LogP contribution in [0.3, 0.4) is 0 Å². The van der Waals surface area contributed by atoms with Gasteiger partial charge in [0.1, 0.15) is 6.04 Å². The van der Waals surface area contributed by atoms with Gasteiger partial charge in [0, 0.05) is 0 Å². The summed E-state index contributed by atoms with van der Waals surface area (Å²) in [6, 6.07) is -0.825. The number of hydrogen-bond donors (Lipinski definition) is 3. The molecule has 5 nitrogen and oxygen atoms in total. The maximum absolute atomic E-state index is 11.6. The summed E-state index contributed by atoms with van der Waals surface area (Å²) in [5.41, 5.74) is 5.15. The standard InChI is InChI=1S/C10H17N3O2/c1-2-4-7(9(11)14)13-10(15)8-5-3-6-12-8/h2,7-8,12H,1,3-6H2,(H2,11,14)(H,13,15). The first-order valence-electron chi connectivity index (χ1n) is 5.09. The predicted molar refractivity (Wildman–Crippen MR) is 57.0 cm³/mol. The Morgan fingerprint density at radius 3 is 2.87 bits per heavy atom. The molecular weight excluding hydrogens is 194 g/mol. The lowest BCUT2D eigenvalue weighted by Gasteiger charge is -2.16. The summed E-state index contributed by atoms with van der Waals surface area (Å²) in [5, 5.41) is 5.66. The van der Waals surface area contributed by atoms with Crippen LogP contribution in [0.25, 0.3) is 0 Å². The smallest absolute Gasteiger partial charge is 0.240 e. The fraction of sp³-hybridized carbons (Fsp3) is 0.600. The fourth-order valence-electron chi connectivity index (χ4n) is 1.59. The maximum Gasteiger partial charge on any atom is 0.240 e. The van der Waals surface area contributed by atoms with Crippen molar-refractivity contribution < 1.29 is 9.59 Å². The summed E-state index contributed by atoms with van der Waals surface area (Å²) in [6.45, 7) is 4.36. The van der Waals surface area contributed by atoms with Crippen molar-refractivity contribution in [3.05, 3.63) is 12.7 Å². The third kappa shape index (κ3) is 3.36. The van der Waals surface area contributed by atoms with E-state index in [9.17, 15) is 9.59 Å². The number of carbonyl (C=O) groups excluding carboxylic acids is 2. The van der Waals surface area contributed by atoms with Crippen LogP contribution in [0.1, 0.15) is 19.3 Å². The molecular formula is C10H17N3O2. The van der Waals surface area contributed by atoms with Gasteiger partial charge in [0.25, 0.3) is 0 Å². The zero-order valence-electron chi connectivity index (χ0n) is 8.66. The molecule has 1 heterocycles. The van der Waals surface area contributed by atoms with Crippen molar-refractivity contribution in [2.45, 2.75) is 31.3 Å². The van der Waals surface area contributed by atoms with Crippen LogP contribution in [-0.4, -0.2) is 30.4 Å². The van der Waals surface area contributed by atoms with Crippen LogP contribution in [0.15, 0.2) is 12.7 Å². The lowest BCUT2D eigenvalue weighted by molar-refractivity contribution is -0.128. The van der Waals surface area contributed by atoms with Crippen molar-refractivity contribution in [3.63, 3.8) is 0 Å². The minimum absolute atomic E-state index is 0.154. The van der Waals surface area contributed by atoms with Crippen LogP contribution in [-0.2, 0) is 9.59 Å². The van der Waals surface area contributed by atoms with E-state index in [2.05, 4.69) is 17.2 Å². The maximum atomic E-state index is 11.6. The van der Waals surface area contributed by atoms with Gasteiger partial charge < -0.3 is 16.4 Å². The molecule has 0 radical (unpaired) electrons. The van der Waals surface area contributed by atoms with Gasteiger partial charge in [-0.2, -0.15) is 0 Å². The molecule has 0 spiro atoms. The lowest BCUT2D eigenvalue weighted by atomic mass is 10.1. The van der Waals surface area contributed by atoms with Crippen LogP contribution >= 0.6 is 0 Å². The highest BCUT2D eigenvalue weighted by Gasteiger charge is 2.25. The SMILES string of the molecule is C=CCC(NC(=O)C1CCCN1)C(N)=O. The van der Waals surface area contributed by atoms with E-state index in [0.29, 0.717) is 6.42 Å². The van der Waals surface area contributed by atoms with E-state index in [4.69, 9.17) is 5.73 Å². The Hall–Kier alpha value is -1.36. The number of primary amides is 1. The monoisotopic (exact) mass is 211 g/mol. The van der Waals surface area contributed by atoms with Crippen LogP contribution < -0.4 is 16.4 Å². The molecule has 4 N–H and O–H groups in total. The molecule has 1 fully saturated rings. The summed E-state index contributed by atoms with van der Waals surface area (Å²) < 4.78 is 0. The number of hydrogen-bond acceptors (Lipinski definition) is 3. The van der Waals surface area contributed by atoms with Gasteiger partial charge in [-0.05, 0) is 25.8 Å². The highest BCUT2D eigenvalue weighted by Crippen LogP contribution is 2.05. The molecule has 1 aliphatic heterocycles. The molecule has 2 amide bonds. The first-order chi connectivity index (χ1) is 7.15. The van der Waals surface area contributed by atoms with Gasteiger partial charge in [-0.3, -0.25) is 9.59 Å². The molecule has 2 unspecified atom stereocenters. The highest BCUT2D eigenvalue weighted by molar-refractivity contribution is 5.89. The quantitative estimate of drug-likeness (QED) is 0.525. The molecule has 0 bridgehead atoms. The Labute approximate surface area is 89.1 Å². The van der Waals surface area contributed by atoms with Gasteiger partial charge in [0.15, 0.2) is 0 Å². The largest absolute Gasteiger partial charge is 0.368 e. The Balaban J connectivity index is 2.45. The van der Waals surface area contributed by atoms with Crippen molar-refractivity contribution in [2.75, 3.05) is 6.54 Å². The topological polar surface area (TPSA) is 84.2 Å². The third-order valence-electron chi connectivity index (χ3n) is 2.44. The summed E-state index contributed by atoms with van der Waals surface area (Å²) in [4.78, 5) is 22.6. The van der Waals surface area contributed by atoms with Crippen molar-refractivity contribution in [1.82, 2.24) is 10.6 Å². The van der Waals surface area contributed by atoms with E-state index in [-0.39, 0.29) is 11.9 Å². The minimum Gasteiger partial charge on any atom is -0.368 e. The van der Waals surface area contributed by atoms with Crippen molar-refractivity contribution in [3.8, 4) is 0 Å². The lowest BCUT2D eigenvalue weighted by Crippen LogP contribution is -2.50. The van der Waals surface area contributed by atoms with E-state index < -0.39 is 11.9 Å². The van der Waals surface area contributed by atoms with E-state index >= 15 is 0 Å². The Morgan fingerprint density at radius 2 is 2.40 bits per heavy atom. The number of rotatable bonds is 5. The first-order valence-corrected chi connectivity index (χ1v) is 5.09. The molecule has 15 heavy (non-hydrogen) atoms. The highest BCUT2D eigenvalue weighted by atomic mass is 16.2. The van der Waals surface area contributed by atoms with Crippen LogP contribution in [0.4, 0.5) is 0 Å². The van der Waals surface area contributed by atoms with Gasteiger partial charge >= 0.3 is 0 Å². The summed E-state index contributed by atoms with van der Waals surface area (Å²) in [5.74, 6) is -0.681. The van der Waals surface area contributed by atoms with Gasteiger partial charge in [0.2, 0.25) is 11.8 Å². The van der Waals surface area contributed by atoms with Gasteiger partial charge in [-0.15, -0.1) is 6.58 Å². The number of nitrogens with two attached hydrogens (primary N) is 1. The third-order valence-corrected chi connectivity index (χ3v) is 2.44. The second kappa shape index (κ2) is 5.50. The number of carbonyl (C=O) groups is 2. The average molecular weight is 211 g/mol. The zero-order chi connectivity index (χ0) is 11.3. The Kier molecular flexibility index (Phi) is 4.30. The molecule has 0 aromatic heterocycles. The first kappa shape index (κ1) is 11.7. The molecule has 5 heteroatoms. The second-order valence-electron chi connectivity index (χ2n) is 3.64. The van der Waals surface area contributed by atoms with E-state index in [1.807, 2.05) is 0 Å². The van der Waals surface area contributed by atoms with E-state index in [1.54, 1.807) is 6.08 Å². The Bertz CT molecular complexity index is 259.